The SMILES string of the molecule is Cc1cn(C2CC(C)(C)CC(C)(C)C2)c(NCC(C)C)n1. The van der Waals surface area contributed by atoms with Crippen molar-refractivity contribution in [2.45, 2.75) is 73.8 Å². The summed E-state index contributed by atoms with van der Waals surface area (Å²) in [4.78, 5) is 4.71. The zero-order chi connectivity index (χ0) is 15.8. The number of imidazole rings is 1. The van der Waals surface area contributed by atoms with Crippen LogP contribution in [0.25, 0.3) is 0 Å². The number of aromatic nitrogens is 2. The summed E-state index contributed by atoms with van der Waals surface area (Å²) in [5, 5.41) is 3.54. The number of hydrogen-bond donors (Lipinski definition) is 1. The van der Waals surface area contributed by atoms with Crippen LogP contribution in [0.3, 0.4) is 0 Å². The first-order valence-electron chi connectivity index (χ1n) is 8.37. The molecule has 120 valence electrons. The highest BCUT2D eigenvalue weighted by molar-refractivity contribution is 5.30. The van der Waals surface area contributed by atoms with E-state index in [0.29, 0.717) is 22.8 Å². The predicted molar refractivity (Wildman–Crippen MR) is 90.7 cm³/mol. The molecule has 0 aliphatic heterocycles. The Kier molecular flexibility index (Phi) is 4.41. The van der Waals surface area contributed by atoms with Crippen molar-refractivity contribution in [3.8, 4) is 0 Å². The van der Waals surface area contributed by atoms with Gasteiger partial charge < -0.3 is 9.88 Å². The van der Waals surface area contributed by atoms with Crippen molar-refractivity contribution >= 4 is 5.95 Å². The van der Waals surface area contributed by atoms with E-state index in [9.17, 15) is 0 Å². The van der Waals surface area contributed by atoms with Gasteiger partial charge in [0, 0.05) is 18.8 Å². The van der Waals surface area contributed by atoms with Crippen LogP contribution in [0.15, 0.2) is 6.20 Å². The first-order valence-corrected chi connectivity index (χ1v) is 8.37. The average Bonchev–Trinajstić information content (AvgIpc) is 2.63. The van der Waals surface area contributed by atoms with Gasteiger partial charge in [0.05, 0.1) is 5.69 Å². The standard InChI is InChI=1S/C18H33N3/c1-13(2)10-19-16-20-14(3)11-21(16)15-8-17(4,5)12-18(6,7)9-15/h11,13,15H,8-10,12H2,1-7H3,(H,19,20). The highest BCUT2D eigenvalue weighted by atomic mass is 15.2. The van der Waals surface area contributed by atoms with Crippen molar-refractivity contribution in [1.82, 2.24) is 9.55 Å². The minimum atomic E-state index is 0.403. The topological polar surface area (TPSA) is 29.9 Å². The molecule has 0 saturated heterocycles. The molecule has 1 fully saturated rings. The van der Waals surface area contributed by atoms with Gasteiger partial charge in [0.2, 0.25) is 5.95 Å². The van der Waals surface area contributed by atoms with Crippen LogP contribution in [0.1, 0.15) is 72.5 Å². The van der Waals surface area contributed by atoms with Crippen molar-refractivity contribution in [2.24, 2.45) is 16.7 Å². The van der Waals surface area contributed by atoms with Gasteiger partial charge in [-0.15, -0.1) is 0 Å². The zero-order valence-electron chi connectivity index (χ0n) is 15.0. The molecule has 1 saturated carbocycles. The molecule has 0 bridgehead atoms. The van der Waals surface area contributed by atoms with Crippen LogP contribution >= 0.6 is 0 Å². The van der Waals surface area contributed by atoms with Gasteiger partial charge >= 0.3 is 0 Å². The number of hydrogen-bond acceptors (Lipinski definition) is 2. The summed E-state index contributed by atoms with van der Waals surface area (Å²) in [5.41, 5.74) is 1.92. The van der Waals surface area contributed by atoms with E-state index in [1.807, 2.05) is 0 Å². The second-order valence-corrected chi connectivity index (χ2v) is 8.96. The van der Waals surface area contributed by atoms with E-state index in [1.54, 1.807) is 0 Å². The summed E-state index contributed by atoms with van der Waals surface area (Å²) in [6.07, 6.45) is 6.01. The number of aryl methyl sites for hydroxylation is 1. The highest BCUT2D eigenvalue weighted by Crippen LogP contribution is 2.50. The van der Waals surface area contributed by atoms with E-state index in [0.717, 1.165) is 18.2 Å². The van der Waals surface area contributed by atoms with Crippen molar-refractivity contribution in [3.63, 3.8) is 0 Å². The first-order chi connectivity index (χ1) is 9.58. The Morgan fingerprint density at radius 1 is 1.24 bits per heavy atom. The maximum atomic E-state index is 4.71. The van der Waals surface area contributed by atoms with E-state index >= 15 is 0 Å². The molecule has 1 aromatic heterocycles. The molecular formula is C18H33N3. The summed E-state index contributed by atoms with van der Waals surface area (Å²) in [5.74, 6) is 1.69. The van der Waals surface area contributed by atoms with E-state index in [1.165, 1.54) is 19.3 Å². The van der Waals surface area contributed by atoms with Crippen molar-refractivity contribution in [3.05, 3.63) is 11.9 Å². The lowest BCUT2D eigenvalue weighted by Gasteiger charge is -2.45. The molecule has 1 aliphatic rings. The molecule has 0 aromatic carbocycles. The minimum Gasteiger partial charge on any atom is -0.355 e. The van der Waals surface area contributed by atoms with E-state index in [4.69, 9.17) is 4.98 Å². The van der Waals surface area contributed by atoms with Gasteiger partial charge in [-0.3, -0.25) is 0 Å². The maximum Gasteiger partial charge on any atom is 0.203 e. The second kappa shape index (κ2) is 5.66. The number of rotatable bonds is 4. The van der Waals surface area contributed by atoms with Crippen LogP contribution in [0.4, 0.5) is 5.95 Å². The van der Waals surface area contributed by atoms with E-state index in [-0.39, 0.29) is 0 Å². The molecule has 3 nitrogen and oxygen atoms in total. The molecule has 1 heterocycles. The molecule has 1 aliphatic carbocycles. The van der Waals surface area contributed by atoms with Gasteiger partial charge in [-0.1, -0.05) is 41.5 Å². The highest BCUT2D eigenvalue weighted by Gasteiger charge is 2.39. The summed E-state index contributed by atoms with van der Waals surface area (Å²) < 4.78 is 2.40. The molecule has 1 N–H and O–H groups in total. The van der Waals surface area contributed by atoms with Crippen LogP contribution in [0, 0.1) is 23.7 Å². The quantitative estimate of drug-likeness (QED) is 0.842. The predicted octanol–water partition coefficient (Wildman–Crippen LogP) is 5.04. The molecule has 21 heavy (non-hydrogen) atoms. The Balaban J connectivity index is 2.24. The average molecular weight is 291 g/mol. The molecule has 0 unspecified atom stereocenters. The van der Waals surface area contributed by atoms with Crippen molar-refractivity contribution in [1.29, 1.82) is 0 Å². The lowest BCUT2D eigenvalue weighted by atomic mass is 9.63. The second-order valence-electron chi connectivity index (χ2n) is 8.96. The molecule has 3 heteroatoms. The smallest absolute Gasteiger partial charge is 0.203 e. The summed E-state index contributed by atoms with van der Waals surface area (Å²) in [7, 11) is 0. The fourth-order valence-electron chi connectivity index (χ4n) is 4.21. The van der Waals surface area contributed by atoms with Gasteiger partial charge in [0.25, 0.3) is 0 Å². The molecule has 0 radical (unpaired) electrons. The van der Waals surface area contributed by atoms with Crippen LogP contribution in [-0.2, 0) is 0 Å². The monoisotopic (exact) mass is 291 g/mol. The van der Waals surface area contributed by atoms with E-state index < -0.39 is 0 Å². The third-order valence-corrected chi connectivity index (χ3v) is 4.45. The maximum absolute atomic E-state index is 4.71. The third-order valence-electron chi connectivity index (χ3n) is 4.45. The Hall–Kier alpha value is -0.990. The summed E-state index contributed by atoms with van der Waals surface area (Å²) in [6.45, 7) is 17.2. The van der Waals surface area contributed by atoms with E-state index in [2.05, 4.69) is 64.5 Å². The van der Waals surface area contributed by atoms with Gasteiger partial charge in [0.15, 0.2) is 0 Å². The Labute approximate surface area is 130 Å². The minimum absolute atomic E-state index is 0.403. The third kappa shape index (κ3) is 4.24. The van der Waals surface area contributed by atoms with Gasteiger partial charge in [-0.2, -0.15) is 0 Å². The molecule has 0 spiro atoms. The van der Waals surface area contributed by atoms with Crippen molar-refractivity contribution in [2.75, 3.05) is 11.9 Å². The molecule has 0 amide bonds. The van der Waals surface area contributed by atoms with Crippen LogP contribution in [0.2, 0.25) is 0 Å². The van der Waals surface area contributed by atoms with Crippen LogP contribution < -0.4 is 5.32 Å². The lowest BCUT2D eigenvalue weighted by molar-refractivity contribution is 0.0730. The number of nitrogens with one attached hydrogen (secondary N) is 1. The first kappa shape index (κ1) is 16.4. The molecule has 1 aromatic rings. The number of nitrogens with zero attached hydrogens (tertiary/aromatic N) is 2. The van der Waals surface area contributed by atoms with Gasteiger partial charge in [0.1, 0.15) is 0 Å². The Morgan fingerprint density at radius 3 is 2.33 bits per heavy atom. The fraction of sp³-hybridized carbons (Fsp3) is 0.833. The molecule has 0 atom stereocenters. The van der Waals surface area contributed by atoms with Gasteiger partial charge in [-0.25, -0.2) is 4.98 Å². The fourth-order valence-corrected chi connectivity index (χ4v) is 4.21. The largest absolute Gasteiger partial charge is 0.355 e. The van der Waals surface area contributed by atoms with Crippen LogP contribution in [-0.4, -0.2) is 16.1 Å². The normalized spacial score (nSPS) is 21.7. The Morgan fingerprint density at radius 2 is 1.81 bits per heavy atom. The lowest BCUT2D eigenvalue weighted by Crippen LogP contribution is -2.35. The van der Waals surface area contributed by atoms with Crippen LogP contribution in [0.5, 0.6) is 0 Å². The molecule has 2 rings (SSSR count). The summed E-state index contributed by atoms with van der Waals surface area (Å²) >= 11 is 0. The molecular weight excluding hydrogens is 258 g/mol. The van der Waals surface area contributed by atoms with Gasteiger partial charge in [-0.05, 0) is 42.9 Å². The van der Waals surface area contributed by atoms with Crippen molar-refractivity contribution < 1.29 is 0 Å². The Bertz CT molecular complexity index is 467. The summed E-state index contributed by atoms with van der Waals surface area (Å²) in [6, 6.07) is 0.555. The number of anilines is 1. The zero-order valence-corrected chi connectivity index (χ0v) is 15.0.